The largest absolute Gasteiger partial charge is 0.436 e. The van der Waals surface area contributed by atoms with E-state index in [-0.39, 0.29) is 34.6 Å². The first-order chi connectivity index (χ1) is 12.5. The summed E-state index contributed by atoms with van der Waals surface area (Å²) in [5.74, 6) is -0.791. The van der Waals surface area contributed by atoms with Gasteiger partial charge < -0.3 is 10.1 Å². The van der Waals surface area contributed by atoms with Crippen molar-refractivity contribution in [1.82, 2.24) is 9.78 Å². The van der Waals surface area contributed by atoms with E-state index in [1.807, 2.05) is 0 Å². The van der Waals surface area contributed by atoms with Crippen LogP contribution in [0.4, 0.5) is 27.6 Å². The van der Waals surface area contributed by atoms with Crippen LogP contribution >= 0.6 is 15.9 Å². The topological polar surface area (TPSA) is 56.1 Å². The van der Waals surface area contributed by atoms with Gasteiger partial charge in [0.25, 0.3) is 0 Å². The Kier molecular flexibility index (Phi) is 6.45. The van der Waals surface area contributed by atoms with E-state index in [2.05, 4.69) is 31.1 Å². The number of amides is 1. The van der Waals surface area contributed by atoms with E-state index in [1.165, 1.54) is 25.1 Å². The lowest BCUT2D eigenvalue weighted by Gasteiger charge is -2.13. The molecule has 1 N–H and O–H groups in total. The van der Waals surface area contributed by atoms with Crippen LogP contribution in [0.25, 0.3) is 0 Å². The lowest BCUT2D eigenvalue weighted by molar-refractivity contribution is -0.142. The Hall–Kier alpha value is -2.17. The Balaban J connectivity index is 2.09. The minimum atomic E-state index is -4.62. The molecule has 5 nitrogen and oxygen atoms in total. The summed E-state index contributed by atoms with van der Waals surface area (Å²) in [7, 11) is 0. The Labute approximate surface area is 159 Å². The number of ether oxygens (including phenoxy) is 1. The van der Waals surface area contributed by atoms with Crippen molar-refractivity contribution in [3.63, 3.8) is 0 Å². The van der Waals surface area contributed by atoms with E-state index < -0.39 is 24.4 Å². The molecule has 0 saturated heterocycles. The van der Waals surface area contributed by atoms with Crippen molar-refractivity contribution < 1.29 is 31.5 Å². The van der Waals surface area contributed by atoms with E-state index in [0.717, 1.165) is 4.68 Å². The maximum atomic E-state index is 12.9. The minimum Gasteiger partial charge on any atom is -0.433 e. The molecule has 0 fully saturated rings. The summed E-state index contributed by atoms with van der Waals surface area (Å²) in [6, 6.07) is 4.28. The summed E-state index contributed by atoms with van der Waals surface area (Å²) in [5, 5.41) is 5.90. The summed E-state index contributed by atoms with van der Waals surface area (Å²) in [4.78, 5) is 12.1. The lowest BCUT2D eigenvalue weighted by atomic mass is 10.2. The van der Waals surface area contributed by atoms with Crippen LogP contribution in [0.1, 0.15) is 23.4 Å². The summed E-state index contributed by atoms with van der Waals surface area (Å²) < 4.78 is 68.7. The maximum absolute atomic E-state index is 12.9. The quantitative estimate of drug-likeness (QED) is 0.629. The van der Waals surface area contributed by atoms with Gasteiger partial charge in [0.1, 0.15) is 5.75 Å². The van der Waals surface area contributed by atoms with Crippen molar-refractivity contribution in [2.75, 3.05) is 5.32 Å². The molecule has 1 heterocycles. The Morgan fingerprint density at radius 2 is 2.00 bits per heavy atom. The van der Waals surface area contributed by atoms with Gasteiger partial charge in [-0.05, 0) is 47.5 Å². The van der Waals surface area contributed by atoms with Gasteiger partial charge in [-0.15, -0.1) is 0 Å². The molecule has 0 atom stereocenters. The number of hydrogen-bond acceptors (Lipinski definition) is 3. The number of nitrogens with zero attached hydrogens (tertiary/aromatic N) is 2. The van der Waals surface area contributed by atoms with Crippen molar-refractivity contribution in [1.29, 1.82) is 0 Å². The van der Waals surface area contributed by atoms with Crippen LogP contribution in [-0.4, -0.2) is 22.3 Å². The third kappa shape index (κ3) is 5.41. The van der Waals surface area contributed by atoms with E-state index in [1.54, 1.807) is 6.92 Å². The summed E-state index contributed by atoms with van der Waals surface area (Å²) in [6.45, 7) is -0.0542. The molecule has 27 heavy (non-hydrogen) atoms. The van der Waals surface area contributed by atoms with Gasteiger partial charge in [-0.1, -0.05) is 6.07 Å². The number of anilines is 1. The fraction of sp³-hybridized carbons (Fsp3) is 0.375. The average Bonchev–Trinajstić information content (AvgIpc) is 2.83. The van der Waals surface area contributed by atoms with Gasteiger partial charge in [0.15, 0.2) is 5.69 Å². The highest BCUT2D eigenvalue weighted by Gasteiger charge is 2.37. The molecule has 1 aromatic carbocycles. The van der Waals surface area contributed by atoms with Gasteiger partial charge in [-0.2, -0.15) is 27.1 Å². The van der Waals surface area contributed by atoms with Crippen molar-refractivity contribution in [2.45, 2.75) is 39.6 Å². The Morgan fingerprint density at radius 3 is 2.56 bits per heavy atom. The molecule has 0 aliphatic heterocycles. The number of halogens is 6. The highest BCUT2D eigenvalue weighted by atomic mass is 79.9. The molecule has 1 aromatic heterocycles. The number of aryl methyl sites for hydroxylation is 2. The van der Waals surface area contributed by atoms with E-state index in [9.17, 15) is 26.7 Å². The Bertz CT molecular complexity index is 836. The predicted molar refractivity (Wildman–Crippen MR) is 90.7 cm³/mol. The highest BCUT2D eigenvalue weighted by Crippen LogP contribution is 2.35. The summed E-state index contributed by atoms with van der Waals surface area (Å²) in [5.41, 5.74) is -0.109. The van der Waals surface area contributed by atoms with Gasteiger partial charge >= 0.3 is 12.8 Å². The number of nitrogens with one attached hydrogen (secondary N) is 1. The van der Waals surface area contributed by atoms with Crippen LogP contribution in [-0.2, 0) is 17.5 Å². The fourth-order valence-electron chi connectivity index (χ4n) is 2.28. The van der Waals surface area contributed by atoms with Gasteiger partial charge in [-0.3, -0.25) is 9.48 Å². The van der Waals surface area contributed by atoms with Gasteiger partial charge in [0.2, 0.25) is 5.91 Å². The van der Waals surface area contributed by atoms with Crippen LogP contribution in [0, 0.1) is 13.8 Å². The highest BCUT2D eigenvalue weighted by molar-refractivity contribution is 9.10. The number of benzene rings is 1. The fourth-order valence-corrected chi connectivity index (χ4v) is 2.79. The van der Waals surface area contributed by atoms with Crippen LogP contribution in [0.5, 0.6) is 5.75 Å². The second-order valence-corrected chi connectivity index (χ2v) is 6.44. The molecule has 2 rings (SSSR count). The third-order valence-electron chi connectivity index (χ3n) is 3.58. The number of carbonyl (C=O) groups excluding carboxylic acids is 1. The first-order valence-corrected chi connectivity index (χ1v) is 8.43. The number of carbonyl (C=O) groups is 1. The number of aromatic nitrogens is 2. The molecule has 148 valence electrons. The zero-order chi connectivity index (χ0) is 20.4. The van der Waals surface area contributed by atoms with Crippen LogP contribution in [0.2, 0.25) is 0 Å². The molecule has 0 aliphatic rings. The van der Waals surface area contributed by atoms with E-state index in [4.69, 9.17) is 0 Å². The van der Waals surface area contributed by atoms with Gasteiger partial charge in [0, 0.05) is 6.42 Å². The first-order valence-electron chi connectivity index (χ1n) is 7.64. The molecule has 0 unspecified atom stereocenters. The lowest BCUT2D eigenvalue weighted by Crippen LogP contribution is -2.17. The SMILES string of the molecule is Cc1ccc(OC(F)F)c(NC(=O)CCn2nc(C(F)(F)F)c(Br)c2C)c1. The average molecular weight is 456 g/mol. The second-order valence-electron chi connectivity index (χ2n) is 5.65. The van der Waals surface area contributed by atoms with Crippen LogP contribution < -0.4 is 10.1 Å². The molecule has 1 amide bonds. The van der Waals surface area contributed by atoms with Crippen LogP contribution in [0.15, 0.2) is 22.7 Å². The number of rotatable bonds is 6. The van der Waals surface area contributed by atoms with Crippen molar-refractivity contribution >= 4 is 27.5 Å². The number of hydrogen-bond donors (Lipinski definition) is 1. The number of alkyl halides is 5. The van der Waals surface area contributed by atoms with Gasteiger partial charge in [-0.25, -0.2) is 0 Å². The smallest absolute Gasteiger partial charge is 0.433 e. The molecule has 0 aliphatic carbocycles. The molecule has 0 spiro atoms. The standard InChI is InChI=1S/C16H15BrF5N3O2/c1-8-3-4-11(27-15(18)19)10(7-8)23-12(26)5-6-25-9(2)13(17)14(24-25)16(20,21)22/h3-4,7,15H,5-6H2,1-2H3,(H,23,26). The van der Waals surface area contributed by atoms with Crippen molar-refractivity contribution in [2.24, 2.45) is 0 Å². The normalized spacial score (nSPS) is 11.7. The molecule has 0 radical (unpaired) electrons. The molecule has 2 aromatic rings. The maximum Gasteiger partial charge on any atom is 0.436 e. The molecular formula is C16H15BrF5N3O2. The Morgan fingerprint density at radius 1 is 1.33 bits per heavy atom. The zero-order valence-corrected chi connectivity index (χ0v) is 15.8. The third-order valence-corrected chi connectivity index (χ3v) is 4.53. The zero-order valence-electron chi connectivity index (χ0n) is 14.2. The van der Waals surface area contributed by atoms with Crippen LogP contribution in [0.3, 0.4) is 0 Å². The van der Waals surface area contributed by atoms with Crippen molar-refractivity contribution in [3.8, 4) is 5.75 Å². The summed E-state index contributed by atoms with van der Waals surface area (Å²) >= 11 is 2.85. The predicted octanol–water partition coefficient (Wildman–Crippen LogP) is 4.91. The van der Waals surface area contributed by atoms with Crippen molar-refractivity contribution in [3.05, 3.63) is 39.6 Å². The van der Waals surface area contributed by atoms with E-state index in [0.29, 0.717) is 5.56 Å². The first kappa shape index (κ1) is 21.1. The van der Waals surface area contributed by atoms with Gasteiger partial charge in [0.05, 0.1) is 22.4 Å². The second kappa shape index (κ2) is 8.24. The monoisotopic (exact) mass is 455 g/mol. The molecular weight excluding hydrogens is 441 g/mol. The molecule has 0 bridgehead atoms. The van der Waals surface area contributed by atoms with E-state index >= 15 is 0 Å². The minimum absolute atomic E-state index is 0.0506. The molecule has 0 saturated carbocycles. The molecule has 11 heteroatoms. The summed E-state index contributed by atoms with van der Waals surface area (Å²) in [6.07, 6.45) is -4.84.